The van der Waals surface area contributed by atoms with Gasteiger partial charge in [0.25, 0.3) is 0 Å². The maximum Gasteiger partial charge on any atom is 0.0273 e. The van der Waals surface area contributed by atoms with Crippen LogP contribution in [0.15, 0.2) is 31.1 Å². The van der Waals surface area contributed by atoms with E-state index < -0.39 is 0 Å². The number of pyridine rings is 1. The summed E-state index contributed by atoms with van der Waals surface area (Å²) in [6, 6.07) is 3.82. The molecule has 0 amide bonds. The third kappa shape index (κ3) is 2.53. The minimum atomic E-state index is 0. The molecule has 0 atom stereocenters. The van der Waals surface area contributed by atoms with Gasteiger partial charge in [-0.05, 0) is 17.7 Å². The van der Waals surface area contributed by atoms with Crippen molar-refractivity contribution in [3.63, 3.8) is 0 Å². The molecule has 0 spiro atoms. The van der Waals surface area contributed by atoms with E-state index in [1.165, 1.54) is 0 Å². The molecule has 48 valence electrons. The smallest absolute Gasteiger partial charge is 0.0273 e. The Morgan fingerprint density at radius 1 is 1.33 bits per heavy atom. The average Bonchev–Trinajstić information content (AvgIpc) is 1.90. The van der Waals surface area contributed by atoms with Crippen LogP contribution in [0.3, 0.4) is 0 Å². The molecule has 1 heterocycles. The fraction of sp³-hybridized carbons (Fsp3) is 0. The van der Waals surface area contributed by atoms with Crippen molar-refractivity contribution in [3.05, 3.63) is 36.7 Å². The summed E-state index contributed by atoms with van der Waals surface area (Å²) < 4.78 is 0. The van der Waals surface area contributed by atoms with Crippen molar-refractivity contribution in [3.8, 4) is 0 Å². The van der Waals surface area contributed by atoms with Crippen molar-refractivity contribution < 1.29 is 19.8 Å². The molecule has 2 heteroatoms. The van der Waals surface area contributed by atoms with E-state index in [1.807, 2.05) is 12.1 Å². The minimum Gasteiger partial charge on any atom is -0.265 e. The van der Waals surface area contributed by atoms with Crippen molar-refractivity contribution in [1.82, 2.24) is 4.98 Å². The SMILES string of the molecule is C=Cc1ccncc1.[Os]. The topological polar surface area (TPSA) is 12.9 Å². The summed E-state index contributed by atoms with van der Waals surface area (Å²) in [5.74, 6) is 0. The zero-order chi connectivity index (χ0) is 5.82. The first kappa shape index (κ1) is 8.53. The van der Waals surface area contributed by atoms with E-state index in [0.717, 1.165) is 5.56 Å². The molecule has 0 aliphatic carbocycles. The molecule has 0 unspecified atom stereocenters. The van der Waals surface area contributed by atoms with E-state index in [9.17, 15) is 0 Å². The molecule has 1 nitrogen and oxygen atoms in total. The summed E-state index contributed by atoms with van der Waals surface area (Å²) in [7, 11) is 0. The number of hydrogen-bond acceptors (Lipinski definition) is 1. The zero-order valence-corrected chi connectivity index (χ0v) is 7.44. The van der Waals surface area contributed by atoms with Gasteiger partial charge in [0.15, 0.2) is 0 Å². The monoisotopic (exact) mass is 297 g/mol. The first-order chi connectivity index (χ1) is 3.93. The van der Waals surface area contributed by atoms with Crippen LogP contribution in [-0.2, 0) is 19.8 Å². The average molecular weight is 295 g/mol. The molecule has 0 radical (unpaired) electrons. The number of aromatic nitrogens is 1. The van der Waals surface area contributed by atoms with Gasteiger partial charge in [0.05, 0.1) is 0 Å². The van der Waals surface area contributed by atoms with Crippen LogP contribution in [0.25, 0.3) is 6.08 Å². The Labute approximate surface area is 67.9 Å². The predicted octanol–water partition coefficient (Wildman–Crippen LogP) is 1.72. The summed E-state index contributed by atoms with van der Waals surface area (Å²) in [6.45, 7) is 3.60. The van der Waals surface area contributed by atoms with Crippen LogP contribution in [0.2, 0.25) is 0 Å². The van der Waals surface area contributed by atoms with Gasteiger partial charge in [-0.1, -0.05) is 12.7 Å². The third-order valence-electron chi connectivity index (χ3n) is 0.942. The first-order valence-corrected chi connectivity index (χ1v) is 2.46. The van der Waals surface area contributed by atoms with Crippen molar-refractivity contribution in [2.75, 3.05) is 0 Å². The first-order valence-electron chi connectivity index (χ1n) is 2.46. The Bertz CT molecular complexity index is 172. The van der Waals surface area contributed by atoms with Gasteiger partial charge in [0, 0.05) is 32.2 Å². The van der Waals surface area contributed by atoms with Gasteiger partial charge in [-0.25, -0.2) is 0 Å². The molecule has 0 aliphatic rings. The van der Waals surface area contributed by atoms with Crippen LogP contribution in [0, 0.1) is 0 Å². The zero-order valence-electron chi connectivity index (χ0n) is 4.89. The number of nitrogens with zero attached hydrogens (tertiary/aromatic N) is 1. The molecular formula is C7H7NOs. The quantitative estimate of drug-likeness (QED) is 0.769. The van der Waals surface area contributed by atoms with E-state index in [0.29, 0.717) is 0 Å². The van der Waals surface area contributed by atoms with E-state index in [1.54, 1.807) is 18.5 Å². The van der Waals surface area contributed by atoms with Gasteiger partial charge in [0.2, 0.25) is 0 Å². The molecule has 0 fully saturated rings. The normalized spacial score (nSPS) is 7.56. The molecule has 0 saturated heterocycles. The summed E-state index contributed by atoms with van der Waals surface area (Å²) in [6.07, 6.45) is 5.29. The van der Waals surface area contributed by atoms with E-state index >= 15 is 0 Å². The van der Waals surface area contributed by atoms with Gasteiger partial charge >= 0.3 is 0 Å². The van der Waals surface area contributed by atoms with Crippen molar-refractivity contribution in [1.29, 1.82) is 0 Å². The van der Waals surface area contributed by atoms with Crippen LogP contribution in [-0.4, -0.2) is 4.98 Å². The van der Waals surface area contributed by atoms with Crippen LogP contribution >= 0.6 is 0 Å². The van der Waals surface area contributed by atoms with E-state index in [4.69, 9.17) is 0 Å². The van der Waals surface area contributed by atoms with Crippen LogP contribution in [0.1, 0.15) is 5.56 Å². The molecule has 0 aliphatic heterocycles. The fourth-order valence-corrected chi connectivity index (χ4v) is 0.500. The standard InChI is InChI=1S/C7H7N.Os/c1-2-7-3-5-8-6-4-7;/h2-6H,1H2;. The van der Waals surface area contributed by atoms with Crippen LogP contribution in [0.5, 0.6) is 0 Å². The molecule has 0 N–H and O–H groups in total. The molecule has 9 heavy (non-hydrogen) atoms. The molecule has 0 saturated carbocycles. The van der Waals surface area contributed by atoms with Crippen LogP contribution in [0.4, 0.5) is 0 Å². The molecule has 1 rings (SSSR count). The Morgan fingerprint density at radius 3 is 2.22 bits per heavy atom. The molecule has 0 bridgehead atoms. The largest absolute Gasteiger partial charge is 0.265 e. The maximum absolute atomic E-state index is 3.85. The van der Waals surface area contributed by atoms with Gasteiger partial charge in [0.1, 0.15) is 0 Å². The van der Waals surface area contributed by atoms with Gasteiger partial charge < -0.3 is 0 Å². The Morgan fingerprint density at radius 2 is 1.89 bits per heavy atom. The second-order valence-corrected chi connectivity index (χ2v) is 1.48. The molecule has 0 aromatic carbocycles. The summed E-state index contributed by atoms with van der Waals surface area (Å²) >= 11 is 0. The van der Waals surface area contributed by atoms with Gasteiger partial charge in [-0.15, -0.1) is 0 Å². The molecular weight excluding hydrogens is 288 g/mol. The summed E-state index contributed by atoms with van der Waals surface area (Å²) in [5, 5.41) is 0. The van der Waals surface area contributed by atoms with E-state index in [-0.39, 0.29) is 19.8 Å². The van der Waals surface area contributed by atoms with Crippen molar-refractivity contribution in [2.45, 2.75) is 0 Å². The fourth-order valence-electron chi connectivity index (χ4n) is 0.500. The summed E-state index contributed by atoms with van der Waals surface area (Å²) in [4.78, 5) is 3.85. The second kappa shape index (κ2) is 4.41. The maximum atomic E-state index is 3.85. The van der Waals surface area contributed by atoms with Crippen molar-refractivity contribution in [2.24, 2.45) is 0 Å². The summed E-state index contributed by atoms with van der Waals surface area (Å²) in [5.41, 5.74) is 1.11. The third-order valence-corrected chi connectivity index (χ3v) is 0.942. The molecule has 1 aromatic rings. The predicted molar refractivity (Wildman–Crippen MR) is 34.3 cm³/mol. The number of rotatable bonds is 1. The van der Waals surface area contributed by atoms with E-state index in [2.05, 4.69) is 11.6 Å². The number of hydrogen-bond donors (Lipinski definition) is 0. The Hall–Kier alpha value is -0.474. The minimum absolute atomic E-state index is 0. The van der Waals surface area contributed by atoms with Gasteiger partial charge in [-0.2, -0.15) is 0 Å². The Kier molecular flexibility index (Phi) is 4.18. The molecule has 1 aromatic heterocycles. The van der Waals surface area contributed by atoms with Gasteiger partial charge in [-0.3, -0.25) is 4.98 Å². The van der Waals surface area contributed by atoms with Crippen molar-refractivity contribution >= 4 is 6.08 Å². The Balaban J connectivity index is 0.000000640. The van der Waals surface area contributed by atoms with Crippen LogP contribution < -0.4 is 0 Å². The second-order valence-electron chi connectivity index (χ2n) is 1.48.